The van der Waals surface area contributed by atoms with E-state index in [9.17, 15) is 34.2 Å². The molecule has 0 bridgehead atoms. The van der Waals surface area contributed by atoms with Crippen LogP contribution in [0.3, 0.4) is 0 Å². The third-order valence-corrected chi connectivity index (χ3v) is 8.77. The number of cyclic esters (lactones) is 1. The van der Waals surface area contributed by atoms with Crippen molar-refractivity contribution in [2.75, 3.05) is 6.61 Å². The number of hydrogen-bond donors (Lipinski definition) is 5. The molecule has 12 heteroatoms. The monoisotopic (exact) mass is 655 g/mol. The number of nitrogens with one attached hydrogen (secondary N) is 3. The number of carbonyl (C=O) groups is 5. The van der Waals surface area contributed by atoms with E-state index >= 15 is 0 Å². The van der Waals surface area contributed by atoms with Crippen LogP contribution in [0.1, 0.15) is 126 Å². The van der Waals surface area contributed by atoms with Gasteiger partial charge in [-0.2, -0.15) is 0 Å². The predicted molar refractivity (Wildman–Crippen MR) is 174 cm³/mol. The minimum atomic E-state index is -1.49. The number of unbranched alkanes of at least 4 members (excludes halogenated alkanes) is 10. The number of ether oxygens (including phenoxy) is 2. The van der Waals surface area contributed by atoms with E-state index in [1.165, 1.54) is 58.8 Å². The molecule has 0 unspecified atom stereocenters. The average molecular weight is 656 g/mol. The first kappa shape index (κ1) is 41.3. The second-order valence-corrected chi connectivity index (χ2v) is 13.3. The van der Waals surface area contributed by atoms with Gasteiger partial charge in [-0.1, -0.05) is 98.8 Å². The van der Waals surface area contributed by atoms with Crippen LogP contribution in [0.15, 0.2) is 0 Å². The van der Waals surface area contributed by atoms with Crippen molar-refractivity contribution >= 4 is 29.7 Å². The summed E-state index contributed by atoms with van der Waals surface area (Å²) in [6.07, 6.45) is 9.49. The van der Waals surface area contributed by atoms with Crippen LogP contribution in [0.25, 0.3) is 0 Å². The summed E-state index contributed by atoms with van der Waals surface area (Å²) in [6.45, 7) is 10.8. The smallest absolute Gasteiger partial charge is 0.332 e. The van der Waals surface area contributed by atoms with Crippen LogP contribution in [-0.4, -0.2) is 82.9 Å². The minimum Gasteiger partial charge on any atom is -0.463 e. The lowest BCUT2D eigenvalue weighted by Crippen LogP contribution is -2.60. The molecule has 3 amide bonds. The summed E-state index contributed by atoms with van der Waals surface area (Å²) in [5.41, 5.74) is 0. The standard InChI is InChI=1S/C34H61N3O9/c1-8-9-10-11-12-13-14-15-16-17-18-19-27-22(4)30(40)23(5)31(41)36-28(21(2)3)32(42)37-29(24(6)38)33(43)35-26(34(44)46-27)20-45-25(7)39/h21-24,26-30,38,40H,8-20H2,1-7H3,(H,35,43)(H,36,41)(H,37,42)/t22-,23+,24+,26-,27+,28-,29-,30-/m0/s1. The molecular weight excluding hydrogens is 594 g/mol. The number of carbonyl (C=O) groups excluding carboxylic acids is 5. The van der Waals surface area contributed by atoms with Gasteiger partial charge in [0.15, 0.2) is 6.04 Å². The van der Waals surface area contributed by atoms with Gasteiger partial charge in [0.2, 0.25) is 17.7 Å². The van der Waals surface area contributed by atoms with Crippen molar-refractivity contribution in [2.45, 2.75) is 162 Å². The Hall–Kier alpha value is -2.73. The number of rotatable bonds is 16. The summed E-state index contributed by atoms with van der Waals surface area (Å²) in [5.74, 6) is -5.81. The second kappa shape index (κ2) is 22.0. The van der Waals surface area contributed by atoms with E-state index in [4.69, 9.17) is 9.47 Å². The molecule has 1 heterocycles. The third kappa shape index (κ3) is 14.8. The van der Waals surface area contributed by atoms with Crippen LogP contribution in [-0.2, 0) is 33.4 Å². The second-order valence-electron chi connectivity index (χ2n) is 13.3. The van der Waals surface area contributed by atoms with Gasteiger partial charge in [-0.3, -0.25) is 19.2 Å². The molecule has 266 valence electrons. The molecule has 0 spiro atoms. The van der Waals surface area contributed by atoms with Gasteiger partial charge in [-0.25, -0.2) is 4.79 Å². The van der Waals surface area contributed by atoms with E-state index in [-0.39, 0.29) is 0 Å². The van der Waals surface area contributed by atoms with Gasteiger partial charge >= 0.3 is 11.9 Å². The molecule has 0 aromatic heterocycles. The number of esters is 2. The number of aliphatic hydroxyl groups excluding tert-OH is 2. The normalized spacial score (nSPS) is 27.5. The highest BCUT2D eigenvalue weighted by molar-refractivity contribution is 5.94. The Bertz CT molecular complexity index is 958. The van der Waals surface area contributed by atoms with E-state index in [1.807, 2.05) is 0 Å². The van der Waals surface area contributed by atoms with Gasteiger partial charge < -0.3 is 35.6 Å². The number of hydrogen-bond acceptors (Lipinski definition) is 9. The number of amides is 3. The summed E-state index contributed by atoms with van der Waals surface area (Å²) >= 11 is 0. The van der Waals surface area contributed by atoms with Crippen molar-refractivity contribution in [3.05, 3.63) is 0 Å². The molecule has 1 aliphatic rings. The van der Waals surface area contributed by atoms with E-state index in [0.29, 0.717) is 12.8 Å². The summed E-state index contributed by atoms with van der Waals surface area (Å²) in [6, 6.07) is -4.00. The highest BCUT2D eigenvalue weighted by atomic mass is 16.6. The van der Waals surface area contributed by atoms with Crippen LogP contribution in [0, 0.1) is 17.8 Å². The molecule has 5 N–H and O–H groups in total. The molecule has 46 heavy (non-hydrogen) atoms. The maximum Gasteiger partial charge on any atom is 0.332 e. The molecule has 1 saturated heterocycles. The summed E-state index contributed by atoms with van der Waals surface area (Å²) in [4.78, 5) is 64.8. The Kier molecular flexibility index (Phi) is 19.7. The van der Waals surface area contributed by atoms with Crippen molar-refractivity contribution in [3.8, 4) is 0 Å². The largest absolute Gasteiger partial charge is 0.463 e. The molecule has 1 rings (SSSR count). The third-order valence-electron chi connectivity index (χ3n) is 8.77. The SMILES string of the molecule is CCCCCCCCCCCCC[C@H]1OC(=O)[C@H](COC(C)=O)NC(=O)[C@H]([C@@H](C)O)NC(=O)[C@H](C(C)C)NC(=O)[C@H](C)[C@@H](O)[C@H]1C. The first-order chi connectivity index (χ1) is 21.7. The first-order valence-corrected chi connectivity index (χ1v) is 17.3. The van der Waals surface area contributed by atoms with Crippen molar-refractivity contribution in [3.63, 3.8) is 0 Å². The molecule has 0 radical (unpaired) electrons. The highest BCUT2D eigenvalue weighted by Gasteiger charge is 2.39. The Morgan fingerprint density at radius 3 is 1.80 bits per heavy atom. The van der Waals surface area contributed by atoms with Crippen LogP contribution in [0.5, 0.6) is 0 Å². The molecule has 1 aliphatic heterocycles. The van der Waals surface area contributed by atoms with Gasteiger partial charge in [-0.05, 0) is 25.7 Å². The van der Waals surface area contributed by atoms with Crippen molar-refractivity contribution in [1.82, 2.24) is 16.0 Å². The Balaban J connectivity index is 3.19. The van der Waals surface area contributed by atoms with Crippen molar-refractivity contribution < 1.29 is 43.7 Å². The minimum absolute atomic E-state index is 0.394. The molecule has 0 aliphatic carbocycles. The topological polar surface area (TPSA) is 180 Å². The average Bonchev–Trinajstić information content (AvgIpc) is 3.00. The summed E-state index contributed by atoms with van der Waals surface area (Å²) in [7, 11) is 0. The fourth-order valence-electron chi connectivity index (χ4n) is 5.60. The zero-order chi connectivity index (χ0) is 34.8. The van der Waals surface area contributed by atoms with Crippen LogP contribution < -0.4 is 16.0 Å². The molecule has 12 nitrogen and oxygen atoms in total. The Morgan fingerprint density at radius 2 is 1.30 bits per heavy atom. The lowest BCUT2D eigenvalue weighted by molar-refractivity contribution is -0.162. The van der Waals surface area contributed by atoms with E-state index < -0.39 is 90.5 Å². The first-order valence-electron chi connectivity index (χ1n) is 17.3. The zero-order valence-electron chi connectivity index (χ0n) is 29.1. The van der Waals surface area contributed by atoms with Crippen LogP contribution in [0.4, 0.5) is 0 Å². The van der Waals surface area contributed by atoms with Gasteiger partial charge in [0, 0.05) is 12.8 Å². The van der Waals surface area contributed by atoms with E-state index in [0.717, 1.165) is 26.2 Å². The van der Waals surface area contributed by atoms with Crippen molar-refractivity contribution in [2.24, 2.45) is 17.8 Å². The zero-order valence-corrected chi connectivity index (χ0v) is 29.1. The molecule has 0 saturated carbocycles. The molecule has 0 aromatic carbocycles. The molecule has 1 fully saturated rings. The highest BCUT2D eigenvalue weighted by Crippen LogP contribution is 2.25. The van der Waals surface area contributed by atoms with Gasteiger partial charge in [-0.15, -0.1) is 0 Å². The lowest BCUT2D eigenvalue weighted by Gasteiger charge is -2.32. The lowest BCUT2D eigenvalue weighted by atomic mass is 9.86. The fraction of sp³-hybridized carbons (Fsp3) is 0.853. The maximum atomic E-state index is 13.5. The van der Waals surface area contributed by atoms with E-state index in [2.05, 4.69) is 22.9 Å². The molecular formula is C34H61N3O9. The Morgan fingerprint density at radius 1 is 0.804 bits per heavy atom. The summed E-state index contributed by atoms with van der Waals surface area (Å²) in [5, 5.41) is 29.2. The molecule has 0 aromatic rings. The summed E-state index contributed by atoms with van der Waals surface area (Å²) < 4.78 is 10.9. The Labute approximate surface area is 275 Å². The van der Waals surface area contributed by atoms with Gasteiger partial charge in [0.05, 0.1) is 18.1 Å². The van der Waals surface area contributed by atoms with Crippen LogP contribution in [0.2, 0.25) is 0 Å². The fourth-order valence-corrected chi connectivity index (χ4v) is 5.60. The molecule has 8 atom stereocenters. The quantitative estimate of drug-likeness (QED) is 0.123. The van der Waals surface area contributed by atoms with Gasteiger partial charge in [0.1, 0.15) is 24.8 Å². The van der Waals surface area contributed by atoms with Gasteiger partial charge in [0.25, 0.3) is 0 Å². The predicted octanol–water partition coefficient (Wildman–Crippen LogP) is 3.30. The maximum absolute atomic E-state index is 13.5. The number of aliphatic hydroxyl groups is 2. The van der Waals surface area contributed by atoms with Crippen molar-refractivity contribution in [1.29, 1.82) is 0 Å². The van der Waals surface area contributed by atoms with E-state index in [1.54, 1.807) is 20.8 Å². The van der Waals surface area contributed by atoms with Crippen LogP contribution >= 0.6 is 0 Å².